The van der Waals surface area contributed by atoms with Gasteiger partial charge in [-0.25, -0.2) is 18.9 Å². The third kappa shape index (κ3) is 2.55. The zero-order chi connectivity index (χ0) is 17.6. The topological polar surface area (TPSA) is 72.5 Å². The van der Waals surface area contributed by atoms with Crippen LogP contribution in [0.25, 0.3) is 16.6 Å². The molecule has 2 heterocycles. The van der Waals surface area contributed by atoms with Crippen molar-refractivity contribution >= 4 is 22.5 Å². The summed E-state index contributed by atoms with van der Waals surface area (Å²) in [7, 11) is 3.31. The quantitative estimate of drug-likeness (QED) is 0.714. The maximum absolute atomic E-state index is 12.9. The highest BCUT2D eigenvalue weighted by atomic mass is 16.2. The van der Waals surface area contributed by atoms with Crippen molar-refractivity contribution in [3.63, 3.8) is 0 Å². The van der Waals surface area contributed by atoms with Crippen LogP contribution in [0, 0.1) is 0 Å². The molecular formula is C17H21N5O2. The van der Waals surface area contributed by atoms with Crippen molar-refractivity contribution in [2.24, 2.45) is 0 Å². The molecule has 0 saturated heterocycles. The van der Waals surface area contributed by atoms with Gasteiger partial charge < -0.3 is 4.90 Å². The van der Waals surface area contributed by atoms with Gasteiger partial charge in [0.1, 0.15) is 12.4 Å². The lowest BCUT2D eigenvalue weighted by Gasteiger charge is -2.19. The number of aromatic nitrogens is 4. The standard InChI is InChI=1S/C17H21N5O2/c1-17(2,3)15-18-12-9-7-6-8-11(12)14-19-21(16(24)22(14)15)10-13(23)20(4)5/h6-9H,10H2,1-5H3. The zero-order valence-electron chi connectivity index (χ0n) is 14.6. The molecule has 2 aromatic heterocycles. The van der Waals surface area contributed by atoms with E-state index in [4.69, 9.17) is 0 Å². The van der Waals surface area contributed by atoms with Gasteiger partial charge in [-0.1, -0.05) is 32.9 Å². The van der Waals surface area contributed by atoms with Crippen LogP contribution in [-0.2, 0) is 16.8 Å². The molecule has 0 bridgehead atoms. The minimum Gasteiger partial charge on any atom is -0.347 e. The fraction of sp³-hybridized carbons (Fsp3) is 0.412. The van der Waals surface area contributed by atoms with Gasteiger partial charge in [0, 0.05) is 24.9 Å². The highest BCUT2D eigenvalue weighted by Gasteiger charge is 2.25. The van der Waals surface area contributed by atoms with Gasteiger partial charge >= 0.3 is 5.69 Å². The highest BCUT2D eigenvalue weighted by Crippen LogP contribution is 2.24. The number of para-hydroxylation sites is 1. The van der Waals surface area contributed by atoms with Crippen LogP contribution in [0.15, 0.2) is 29.1 Å². The van der Waals surface area contributed by atoms with Gasteiger partial charge in [-0.15, -0.1) is 5.10 Å². The Bertz CT molecular complexity index is 992. The van der Waals surface area contributed by atoms with E-state index in [0.29, 0.717) is 11.5 Å². The Morgan fingerprint density at radius 2 is 1.88 bits per heavy atom. The van der Waals surface area contributed by atoms with Crippen molar-refractivity contribution < 1.29 is 4.79 Å². The van der Waals surface area contributed by atoms with E-state index in [1.165, 1.54) is 14.0 Å². The average Bonchev–Trinajstić information content (AvgIpc) is 2.83. The largest absolute Gasteiger partial charge is 0.352 e. The van der Waals surface area contributed by atoms with E-state index in [2.05, 4.69) is 10.1 Å². The SMILES string of the molecule is CN(C)C(=O)Cn1nc2c3ccccc3nc(C(C)(C)C)n2c1=O. The fourth-order valence-corrected chi connectivity index (χ4v) is 2.57. The molecule has 7 heteroatoms. The minimum atomic E-state index is -0.344. The van der Waals surface area contributed by atoms with Gasteiger partial charge in [-0.05, 0) is 12.1 Å². The van der Waals surface area contributed by atoms with Crippen LogP contribution < -0.4 is 5.69 Å². The summed E-state index contributed by atoms with van der Waals surface area (Å²) in [4.78, 5) is 31.0. The number of benzene rings is 1. The second-order valence-corrected chi connectivity index (χ2v) is 7.09. The first kappa shape index (κ1) is 16.2. The molecule has 3 rings (SSSR count). The fourth-order valence-electron chi connectivity index (χ4n) is 2.57. The third-order valence-corrected chi connectivity index (χ3v) is 3.88. The van der Waals surface area contributed by atoms with E-state index in [-0.39, 0.29) is 23.6 Å². The summed E-state index contributed by atoms with van der Waals surface area (Å²) in [5, 5.41) is 5.21. The number of carbonyl (C=O) groups excluding carboxylic acids is 1. The molecule has 0 unspecified atom stereocenters. The second kappa shape index (κ2) is 5.43. The summed E-state index contributed by atoms with van der Waals surface area (Å²) in [6.45, 7) is 5.90. The molecule has 7 nitrogen and oxygen atoms in total. The van der Waals surface area contributed by atoms with Gasteiger partial charge in [0.2, 0.25) is 5.91 Å². The molecule has 0 spiro atoms. The number of hydrogen-bond acceptors (Lipinski definition) is 4. The molecule has 0 radical (unpaired) electrons. The first-order valence-corrected chi connectivity index (χ1v) is 7.79. The van der Waals surface area contributed by atoms with Gasteiger partial charge in [0.25, 0.3) is 0 Å². The monoisotopic (exact) mass is 327 g/mol. The van der Waals surface area contributed by atoms with E-state index >= 15 is 0 Å². The molecule has 1 aromatic carbocycles. The lowest BCUT2D eigenvalue weighted by atomic mass is 9.95. The highest BCUT2D eigenvalue weighted by molar-refractivity contribution is 5.91. The summed E-state index contributed by atoms with van der Waals surface area (Å²) < 4.78 is 2.73. The van der Waals surface area contributed by atoms with Crippen LogP contribution in [0.5, 0.6) is 0 Å². The number of carbonyl (C=O) groups is 1. The van der Waals surface area contributed by atoms with Gasteiger partial charge in [-0.2, -0.15) is 0 Å². The molecule has 0 aliphatic carbocycles. The second-order valence-electron chi connectivity index (χ2n) is 7.09. The number of nitrogens with zero attached hydrogens (tertiary/aromatic N) is 5. The minimum absolute atomic E-state index is 0.0918. The molecule has 0 atom stereocenters. The van der Waals surface area contributed by atoms with E-state index in [1.807, 2.05) is 45.0 Å². The van der Waals surface area contributed by atoms with Crippen LogP contribution in [0.3, 0.4) is 0 Å². The molecule has 1 amide bonds. The first-order valence-electron chi connectivity index (χ1n) is 7.79. The Hall–Kier alpha value is -2.70. The van der Waals surface area contributed by atoms with Crippen LogP contribution >= 0.6 is 0 Å². The molecule has 24 heavy (non-hydrogen) atoms. The zero-order valence-corrected chi connectivity index (χ0v) is 14.6. The molecule has 0 saturated carbocycles. The molecule has 126 valence electrons. The number of fused-ring (bicyclic) bond motifs is 3. The number of likely N-dealkylation sites (N-methyl/N-ethyl adjacent to an activating group) is 1. The summed E-state index contributed by atoms with van der Waals surface area (Å²) in [6.07, 6.45) is 0. The Labute approximate surface area is 139 Å². The maximum atomic E-state index is 12.9. The summed E-state index contributed by atoms with van der Waals surface area (Å²) >= 11 is 0. The van der Waals surface area contributed by atoms with Crippen LogP contribution in [0.1, 0.15) is 26.6 Å². The molecule has 0 aliphatic rings. The Balaban J connectivity index is 2.37. The molecule has 0 aliphatic heterocycles. The van der Waals surface area contributed by atoms with Crippen molar-refractivity contribution in [2.45, 2.75) is 32.7 Å². The van der Waals surface area contributed by atoms with E-state index in [9.17, 15) is 9.59 Å². The molecular weight excluding hydrogens is 306 g/mol. The summed E-state index contributed by atoms with van der Waals surface area (Å²) in [5.41, 5.74) is 0.627. The maximum Gasteiger partial charge on any atom is 0.352 e. The van der Waals surface area contributed by atoms with Crippen molar-refractivity contribution in [2.75, 3.05) is 14.1 Å². The average molecular weight is 327 g/mol. The van der Waals surface area contributed by atoms with Crippen molar-refractivity contribution in [3.05, 3.63) is 40.6 Å². The predicted molar refractivity (Wildman–Crippen MR) is 92.1 cm³/mol. The predicted octanol–water partition coefficient (Wildman–Crippen LogP) is 1.43. The lowest BCUT2D eigenvalue weighted by Crippen LogP contribution is -2.33. The van der Waals surface area contributed by atoms with Crippen LogP contribution in [0.4, 0.5) is 0 Å². The van der Waals surface area contributed by atoms with Crippen molar-refractivity contribution in [1.29, 1.82) is 0 Å². The number of amides is 1. The Morgan fingerprint density at radius 1 is 1.21 bits per heavy atom. The Morgan fingerprint density at radius 3 is 2.50 bits per heavy atom. The number of rotatable bonds is 2. The lowest BCUT2D eigenvalue weighted by molar-refractivity contribution is -0.129. The van der Waals surface area contributed by atoms with E-state index in [0.717, 1.165) is 10.9 Å². The normalized spacial score (nSPS) is 12.0. The van der Waals surface area contributed by atoms with Crippen LogP contribution in [-0.4, -0.2) is 44.1 Å². The summed E-state index contributed by atoms with van der Waals surface area (Å²) in [5.74, 6) is 0.444. The van der Waals surface area contributed by atoms with Crippen molar-refractivity contribution in [1.82, 2.24) is 24.1 Å². The van der Waals surface area contributed by atoms with Gasteiger partial charge in [0.15, 0.2) is 5.65 Å². The van der Waals surface area contributed by atoms with Crippen molar-refractivity contribution in [3.8, 4) is 0 Å². The first-order chi connectivity index (χ1) is 11.2. The number of hydrogen-bond donors (Lipinski definition) is 0. The van der Waals surface area contributed by atoms with Crippen LogP contribution in [0.2, 0.25) is 0 Å². The van der Waals surface area contributed by atoms with E-state index < -0.39 is 0 Å². The molecule has 0 N–H and O–H groups in total. The van der Waals surface area contributed by atoms with E-state index in [1.54, 1.807) is 14.1 Å². The summed E-state index contributed by atoms with van der Waals surface area (Å²) in [6, 6.07) is 7.58. The van der Waals surface area contributed by atoms with Gasteiger partial charge in [0.05, 0.1) is 5.52 Å². The van der Waals surface area contributed by atoms with Gasteiger partial charge in [-0.3, -0.25) is 4.79 Å². The molecule has 3 aromatic rings. The Kier molecular flexibility index (Phi) is 3.66. The third-order valence-electron chi connectivity index (χ3n) is 3.88. The molecule has 0 fully saturated rings. The smallest absolute Gasteiger partial charge is 0.347 e.